The molecule has 1 heterocycles. The molecule has 0 saturated carbocycles. The van der Waals surface area contributed by atoms with E-state index in [4.69, 9.17) is 10.5 Å². The van der Waals surface area contributed by atoms with Gasteiger partial charge in [-0.25, -0.2) is 13.4 Å². The number of hydrogen-bond acceptors (Lipinski definition) is 5. The second kappa shape index (κ2) is 3.83. The third-order valence-corrected chi connectivity index (χ3v) is 2.61. The van der Waals surface area contributed by atoms with Gasteiger partial charge < -0.3 is 10.5 Å². The highest BCUT2D eigenvalue weighted by Gasteiger charge is 2.15. The first-order valence-electron chi connectivity index (χ1n) is 4.03. The Kier molecular flexibility index (Phi) is 2.95. The Hall–Kier alpha value is -1.30. The summed E-state index contributed by atoms with van der Waals surface area (Å²) in [6.45, 7) is 2.11. The molecule has 0 fully saturated rings. The van der Waals surface area contributed by atoms with Crippen LogP contribution < -0.4 is 10.5 Å². The molecule has 0 bridgehead atoms. The molecule has 2 N–H and O–H groups in total. The van der Waals surface area contributed by atoms with Gasteiger partial charge in [-0.2, -0.15) is 0 Å². The number of sulfone groups is 1. The summed E-state index contributed by atoms with van der Waals surface area (Å²) in [5.74, 6) is 0.101. The van der Waals surface area contributed by atoms with Crippen LogP contribution in [0, 0.1) is 0 Å². The summed E-state index contributed by atoms with van der Waals surface area (Å²) in [6, 6.07) is 1.34. The molecule has 6 heteroatoms. The van der Waals surface area contributed by atoms with Crippen LogP contribution in [0.5, 0.6) is 5.88 Å². The van der Waals surface area contributed by atoms with Gasteiger partial charge in [0.1, 0.15) is 4.90 Å². The smallest absolute Gasteiger partial charge is 0.232 e. The minimum atomic E-state index is -3.35. The van der Waals surface area contributed by atoms with E-state index >= 15 is 0 Å². The highest BCUT2D eigenvalue weighted by Crippen LogP contribution is 2.22. The summed E-state index contributed by atoms with van der Waals surface area (Å²) in [5, 5.41) is 0. The summed E-state index contributed by atoms with van der Waals surface area (Å²) < 4.78 is 27.7. The van der Waals surface area contributed by atoms with Crippen molar-refractivity contribution in [3.63, 3.8) is 0 Å². The van der Waals surface area contributed by atoms with Gasteiger partial charge in [0.25, 0.3) is 0 Å². The highest BCUT2D eigenvalue weighted by atomic mass is 32.2. The predicted molar refractivity (Wildman–Crippen MR) is 52.9 cm³/mol. The van der Waals surface area contributed by atoms with Gasteiger partial charge in [0, 0.05) is 6.26 Å². The molecule has 0 radical (unpaired) electrons. The largest absolute Gasteiger partial charge is 0.477 e. The Bertz CT molecular complexity index is 428. The van der Waals surface area contributed by atoms with Crippen LogP contribution in [0.25, 0.3) is 0 Å². The van der Waals surface area contributed by atoms with Crippen molar-refractivity contribution < 1.29 is 13.2 Å². The fourth-order valence-corrected chi connectivity index (χ4v) is 1.74. The zero-order valence-electron chi connectivity index (χ0n) is 8.02. The summed E-state index contributed by atoms with van der Waals surface area (Å²) in [5.41, 5.74) is 5.74. The molecule has 1 rings (SSSR count). The molecule has 0 spiro atoms. The Morgan fingerprint density at radius 3 is 2.71 bits per heavy atom. The van der Waals surface area contributed by atoms with Crippen molar-refractivity contribution in [2.75, 3.05) is 18.6 Å². The molecule has 5 nitrogen and oxygen atoms in total. The summed E-state index contributed by atoms with van der Waals surface area (Å²) >= 11 is 0. The standard InChI is InChI=1S/C8H12N2O3S/c1-3-13-8-7(14(2,11)12)4-6(9)5-10-8/h4-5H,3,9H2,1-2H3. The Balaban J connectivity index is 3.30. The van der Waals surface area contributed by atoms with Gasteiger partial charge in [0.05, 0.1) is 18.5 Å². The Labute approximate surface area is 82.8 Å². The number of nitrogens with two attached hydrogens (primary N) is 1. The molecule has 0 saturated heterocycles. The summed E-state index contributed by atoms with van der Waals surface area (Å²) in [4.78, 5) is 3.84. The fourth-order valence-electron chi connectivity index (χ4n) is 0.958. The molecular formula is C8H12N2O3S. The van der Waals surface area contributed by atoms with Gasteiger partial charge in [-0.3, -0.25) is 0 Å². The lowest BCUT2D eigenvalue weighted by molar-refractivity contribution is 0.317. The van der Waals surface area contributed by atoms with Crippen molar-refractivity contribution in [3.05, 3.63) is 12.3 Å². The van der Waals surface area contributed by atoms with Crippen LogP contribution >= 0.6 is 0 Å². The van der Waals surface area contributed by atoms with Crippen LogP contribution in [0.2, 0.25) is 0 Å². The van der Waals surface area contributed by atoms with Crippen LogP contribution in [0.3, 0.4) is 0 Å². The van der Waals surface area contributed by atoms with Crippen LogP contribution in [0.4, 0.5) is 5.69 Å². The third-order valence-electron chi connectivity index (χ3n) is 1.52. The number of nitrogen functional groups attached to an aromatic ring is 1. The predicted octanol–water partition coefficient (Wildman–Crippen LogP) is 0.466. The molecule has 0 aliphatic heterocycles. The van der Waals surface area contributed by atoms with Gasteiger partial charge in [-0.1, -0.05) is 0 Å². The first-order valence-corrected chi connectivity index (χ1v) is 5.92. The van der Waals surface area contributed by atoms with E-state index < -0.39 is 9.84 Å². The fraction of sp³-hybridized carbons (Fsp3) is 0.375. The zero-order valence-corrected chi connectivity index (χ0v) is 8.84. The molecule has 0 amide bonds. The van der Waals surface area contributed by atoms with Gasteiger partial charge >= 0.3 is 0 Å². The monoisotopic (exact) mass is 216 g/mol. The second-order valence-electron chi connectivity index (χ2n) is 2.78. The minimum absolute atomic E-state index is 0.0272. The van der Waals surface area contributed by atoms with Crippen LogP contribution in [0.15, 0.2) is 17.2 Å². The van der Waals surface area contributed by atoms with E-state index in [0.29, 0.717) is 12.3 Å². The van der Waals surface area contributed by atoms with Crippen molar-refractivity contribution >= 4 is 15.5 Å². The molecular weight excluding hydrogens is 204 g/mol. The van der Waals surface area contributed by atoms with E-state index in [9.17, 15) is 8.42 Å². The van der Waals surface area contributed by atoms with E-state index in [-0.39, 0.29) is 10.8 Å². The van der Waals surface area contributed by atoms with Crippen molar-refractivity contribution in [1.82, 2.24) is 4.98 Å². The number of ether oxygens (including phenoxy) is 1. The minimum Gasteiger partial charge on any atom is -0.477 e. The van der Waals surface area contributed by atoms with Crippen LogP contribution in [-0.2, 0) is 9.84 Å². The van der Waals surface area contributed by atoms with Gasteiger partial charge in [0.2, 0.25) is 5.88 Å². The summed E-state index contributed by atoms with van der Waals surface area (Å²) in [7, 11) is -3.35. The number of anilines is 1. The molecule has 0 atom stereocenters. The first kappa shape index (κ1) is 10.8. The van der Waals surface area contributed by atoms with E-state index in [1.165, 1.54) is 12.3 Å². The first-order chi connectivity index (χ1) is 6.45. The lowest BCUT2D eigenvalue weighted by Crippen LogP contribution is -2.05. The average molecular weight is 216 g/mol. The van der Waals surface area contributed by atoms with E-state index in [2.05, 4.69) is 4.98 Å². The van der Waals surface area contributed by atoms with Crippen LogP contribution in [0.1, 0.15) is 6.92 Å². The van der Waals surface area contributed by atoms with Crippen LogP contribution in [-0.4, -0.2) is 26.3 Å². The van der Waals surface area contributed by atoms with Crippen molar-refractivity contribution in [3.8, 4) is 5.88 Å². The molecule has 0 unspecified atom stereocenters. The van der Waals surface area contributed by atoms with Crippen molar-refractivity contribution in [2.24, 2.45) is 0 Å². The quantitative estimate of drug-likeness (QED) is 0.794. The maximum Gasteiger partial charge on any atom is 0.232 e. The van der Waals surface area contributed by atoms with E-state index in [1.54, 1.807) is 6.92 Å². The van der Waals surface area contributed by atoms with Crippen molar-refractivity contribution in [2.45, 2.75) is 11.8 Å². The van der Waals surface area contributed by atoms with E-state index in [1.807, 2.05) is 0 Å². The topological polar surface area (TPSA) is 82.3 Å². The van der Waals surface area contributed by atoms with E-state index in [0.717, 1.165) is 6.26 Å². The molecule has 1 aromatic heterocycles. The lowest BCUT2D eigenvalue weighted by atomic mass is 10.4. The number of nitrogens with zero attached hydrogens (tertiary/aromatic N) is 1. The lowest BCUT2D eigenvalue weighted by Gasteiger charge is -2.07. The molecule has 78 valence electrons. The van der Waals surface area contributed by atoms with Gasteiger partial charge in [0.15, 0.2) is 9.84 Å². The molecule has 14 heavy (non-hydrogen) atoms. The number of pyridine rings is 1. The maximum absolute atomic E-state index is 11.3. The number of rotatable bonds is 3. The van der Waals surface area contributed by atoms with Gasteiger partial charge in [-0.05, 0) is 13.0 Å². The zero-order chi connectivity index (χ0) is 10.8. The second-order valence-corrected chi connectivity index (χ2v) is 4.76. The number of aromatic nitrogens is 1. The maximum atomic E-state index is 11.3. The highest BCUT2D eigenvalue weighted by molar-refractivity contribution is 7.90. The molecule has 0 aliphatic rings. The molecule has 0 aromatic carbocycles. The van der Waals surface area contributed by atoms with Gasteiger partial charge in [-0.15, -0.1) is 0 Å². The molecule has 0 aliphatic carbocycles. The van der Waals surface area contributed by atoms with Crippen molar-refractivity contribution in [1.29, 1.82) is 0 Å². The summed E-state index contributed by atoms with van der Waals surface area (Å²) in [6.07, 6.45) is 2.45. The molecule has 1 aromatic rings. The SMILES string of the molecule is CCOc1ncc(N)cc1S(C)(=O)=O. The number of hydrogen-bond donors (Lipinski definition) is 1. The Morgan fingerprint density at radius 1 is 1.57 bits per heavy atom. The average Bonchev–Trinajstić information content (AvgIpc) is 2.07. The Morgan fingerprint density at radius 2 is 2.21 bits per heavy atom. The third kappa shape index (κ3) is 2.35. The normalized spacial score (nSPS) is 11.3.